The van der Waals surface area contributed by atoms with E-state index in [0.29, 0.717) is 6.54 Å². The molecular weight excluding hydrogens is 180 g/mol. The van der Waals surface area contributed by atoms with Crippen molar-refractivity contribution in [3.05, 3.63) is 0 Å². The van der Waals surface area contributed by atoms with Crippen molar-refractivity contribution in [2.24, 2.45) is 0 Å². The maximum atomic E-state index is 11.2. The van der Waals surface area contributed by atoms with E-state index in [1.807, 2.05) is 0 Å². The van der Waals surface area contributed by atoms with Crippen molar-refractivity contribution in [3.8, 4) is 0 Å². The molecule has 1 N–H and O–H groups in total. The summed E-state index contributed by atoms with van der Waals surface area (Å²) in [6.07, 6.45) is 0. The fourth-order valence-electron chi connectivity index (χ4n) is 2.59. The molecule has 2 aliphatic rings. The molecule has 2 unspecified atom stereocenters. The minimum absolute atomic E-state index is 0.280. The van der Waals surface area contributed by atoms with Gasteiger partial charge in [0.05, 0.1) is 27.1 Å². The molecule has 2 rings (SSSR count). The van der Waals surface area contributed by atoms with Gasteiger partial charge in [0.15, 0.2) is 5.78 Å². The lowest BCUT2D eigenvalue weighted by molar-refractivity contribution is -0.930. The molecule has 0 aliphatic carbocycles. The van der Waals surface area contributed by atoms with Crippen LogP contribution in [0.3, 0.4) is 0 Å². The van der Waals surface area contributed by atoms with Crippen LogP contribution in [0.2, 0.25) is 0 Å². The van der Waals surface area contributed by atoms with Crippen molar-refractivity contribution >= 4 is 5.78 Å². The Balaban J connectivity index is 2.03. The van der Waals surface area contributed by atoms with Crippen LogP contribution in [0.5, 0.6) is 0 Å². The highest BCUT2D eigenvalue weighted by Crippen LogP contribution is 2.15. The van der Waals surface area contributed by atoms with Crippen LogP contribution in [-0.4, -0.2) is 67.0 Å². The summed E-state index contributed by atoms with van der Waals surface area (Å²) in [5.74, 6) is 0.280. The fourth-order valence-corrected chi connectivity index (χ4v) is 2.59. The Bertz CT molecular complexity index is 231. The van der Waals surface area contributed by atoms with E-state index in [0.717, 1.165) is 37.8 Å². The van der Waals surface area contributed by atoms with E-state index in [4.69, 9.17) is 0 Å². The van der Waals surface area contributed by atoms with E-state index < -0.39 is 0 Å². The van der Waals surface area contributed by atoms with Crippen LogP contribution in [0, 0.1) is 0 Å². The first-order valence-electron chi connectivity index (χ1n) is 5.06. The van der Waals surface area contributed by atoms with Gasteiger partial charge in [-0.2, -0.15) is 0 Å². The van der Waals surface area contributed by atoms with Crippen molar-refractivity contribution in [1.29, 1.82) is 0 Å². The Morgan fingerprint density at radius 3 is 2.43 bits per heavy atom. The molecule has 2 heterocycles. The minimum atomic E-state index is 0.280. The standard InChI is InChI=1S/C9H19N4O/c1-9(14)3-13(2)7-11-4-10-5-12(6-11)8-13/h10H,3-8H2,1-2H3/q+1. The molecule has 2 fully saturated rings. The highest BCUT2D eigenvalue weighted by atomic mass is 16.1. The monoisotopic (exact) mass is 199 g/mol. The maximum Gasteiger partial charge on any atom is 0.183 e. The van der Waals surface area contributed by atoms with E-state index >= 15 is 0 Å². The number of likely N-dealkylation sites (N-methyl/N-ethyl adjacent to an activating group) is 1. The third-order valence-corrected chi connectivity index (χ3v) is 2.76. The largest absolute Gasteiger partial charge is 0.295 e. The molecule has 2 atom stereocenters. The minimum Gasteiger partial charge on any atom is -0.295 e. The smallest absolute Gasteiger partial charge is 0.183 e. The van der Waals surface area contributed by atoms with Crippen molar-refractivity contribution in [1.82, 2.24) is 15.1 Å². The van der Waals surface area contributed by atoms with Crippen molar-refractivity contribution < 1.29 is 9.28 Å². The number of fused-ring (bicyclic) bond motifs is 2. The molecule has 0 radical (unpaired) electrons. The number of hydrogen-bond donors (Lipinski definition) is 1. The summed E-state index contributed by atoms with van der Waals surface area (Å²) in [6.45, 7) is 7.21. The first-order chi connectivity index (χ1) is 6.57. The number of carbonyl (C=O) groups excluding carboxylic acids is 1. The van der Waals surface area contributed by atoms with E-state index in [-0.39, 0.29) is 5.78 Å². The molecule has 0 aromatic heterocycles. The van der Waals surface area contributed by atoms with Gasteiger partial charge in [0.25, 0.3) is 0 Å². The fraction of sp³-hybridized carbons (Fsp3) is 0.889. The van der Waals surface area contributed by atoms with Gasteiger partial charge in [0.2, 0.25) is 0 Å². The number of nitrogens with one attached hydrogen (secondary N) is 1. The molecule has 0 amide bonds. The molecule has 2 aliphatic heterocycles. The van der Waals surface area contributed by atoms with Gasteiger partial charge in [0, 0.05) is 6.92 Å². The molecule has 14 heavy (non-hydrogen) atoms. The lowest BCUT2D eigenvalue weighted by Gasteiger charge is -2.49. The maximum absolute atomic E-state index is 11.2. The average Bonchev–Trinajstić information content (AvgIpc) is 1.99. The van der Waals surface area contributed by atoms with Gasteiger partial charge >= 0.3 is 0 Å². The SMILES string of the molecule is CC(=O)C[N+]1(C)CN2CNCN(C2)C1. The number of rotatable bonds is 2. The van der Waals surface area contributed by atoms with Gasteiger partial charge in [-0.1, -0.05) is 0 Å². The molecule has 5 heteroatoms. The van der Waals surface area contributed by atoms with E-state index in [1.165, 1.54) is 0 Å². The third-order valence-electron chi connectivity index (χ3n) is 2.76. The Morgan fingerprint density at radius 1 is 1.36 bits per heavy atom. The molecule has 0 aromatic carbocycles. The molecule has 80 valence electrons. The van der Waals surface area contributed by atoms with Crippen LogP contribution in [0.1, 0.15) is 6.92 Å². The van der Waals surface area contributed by atoms with Gasteiger partial charge in [-0.05, 0) is 0 Å². The van der Waals surface area contributed by atoms with Crippen molar-refractivity contribution in [2.75, 3.05) is 46.9 Å². The second-order valence-corrected chi connectivity index (χ2v) is 4.81. The van der Waals surface area contributed by atoms with Gasteiger partial charge in [-0.25, -0.2) is 9.80 Å². The zero-order valence-electron chi connectivity index (χ0n) is 8.99. The quantitative estimate of drug-likeness (QED) is 0.581. The summed E-state index contributed by atoms with van der Waals surface area (Å²) >= 11 is 0. The normalized spacial score (nSPS) is 42.1. The second kappa shape index (κ2) is 3.58. The summed E-state index contributed by atoms with van der Waals surface area (Å²) in [4.78, 5) is 15.9. The summed E-state index contributed by atoms with van der Waals surface area (Å²) < 4.78 is 0.830. The predicted molar refractivity (Wildman–Crippen MR) is 52.9 cm³/mol. The molecule has 2 saturated heterocycles. The van der Waals surface area contributed by atoms with E-state index in [1.54, 1.807) is 6.92 Å². The van der Waals surface area contributed by atoms with Gasteiger partial charge in [-0.3, -0.25) is 14.6 Å². The number of carbonyl (C=O) groups is 1. The van der Waals surface area contributed by atoms with Gasteiger partial charge in [-0.15, -0.1) is 0 Å². The zero-order valence-corrected chi connectivity index (χ0v) is 8.99. The lowest BCUT2D eigenvalue weighted by Crippen LogP contribution is -2.69. The predicted octanol–water partition coefficient (Wildman–Crippen LogP) is -0.970. The topological polar surface area (TPSA) is 35.6 Å². The summed E-state index contributed by atoms with van der Waals surface area (Å²) in [5.41, 5.74) is 0. The zero-order chi connectivity index (χ0) is 10.2. The highest BCUT2D eigenvalue weighted by Gasteiger charge is 2.36. The summed E-state index contributed by atoms with van der Waals surface area (Å²) in [6, 6.07) is 0. The number of Topliss-reactive ketones (excluding diaryl/α,β-unsaturated/α-hetero) is 1. The van der Waals surface area contributed by atoms with Crippen LogP contribution >= 0.6 is 0 Å². The molecule has 5 nitrogen and oxygen atoms in total. The summed E-state index contributed by atoms with van der Waals surface area (Å²) in [7, 11) is 2.16. The van der Waals surface area contributed by atoms with Crippen LogP contribution in [0.15, 0.2) is 0 Å². The molecule has 0 spiro atoms. The lowest BCUT2D eigenvalue weighted by atomic mass is 10.3. The number of hydrogen-bond acceptors (Lipinski definition) is 4. The third kappa shape index (κ3) is 2.12. The Hall–Kier alpha value is -0.490. The molecular formula is C9H19N4O+. The van der Waals surface area contributed by atoms with Crippen LogP contribution in [0.25, 0.3) is 0 Å². The van der Waals surface area contributed by atoms with E-state index in [2.05, 4.69) is 22.2 Å². The van der Waals surface area contributed by atoms with Gasteiger partial charge < -0.3 is 0 Å². The first-order valence-corrected chi connectivity index (χ1v) is 5.06. The van der Waals surface area contributed by atoms with Crippen molar-refractivity contribution in [3.63, 3.8) is 0 Å². The van der Waals surface area contributed by atoms with Crippen LogP contribution in [-0.2, 0) is 4.79 Å². The molecule has 0 saturated carbocycles. The highest BCUT2D eigenvalue weighted by molar-refractivity contribution is 5.76. The van der Waals surface area contributed by atoms with Crippen LogP contribution in [0.4, 0.5) is 0 Å². The number of ketones is 1. The molecule has 0 aromatic rings. The van der Waals surface area contributed by atoms with Crippen LogP contribution < -0.4 is 5.32 Å². The van der Waals surface area contributed by atoms with Crippen molar-refractivity contribution in [2.45, 2.75) is 6.92 Å². The Labute approximate surface area is 84.8 Å². The average molecular weight is 199 g/mol. The van der Waals surface area contributed by atoms with Gasteiger partial charge in [0.1, 0.15) is 19.9 Å². The second-order valence-electron chi connectivity index (χ2n) is 4.81. The Morgan fingerprint density at radius 2 is 1.93 bits per heavy atom. The first kappa shape index (κ1) is 10.0. The van der Waals surface area contributed by atoms with E-state index in [9.17, 15) is 4.79 Å². The molecule has 2 bridgehead atoms. The number of nitrogens with zero attached hydrogens (tertiary/aromatic N) is 3. The Kier molecular flexibility index (Phi) is 2.57. The summed E-state index contributed by atoms with van der Waals surface area (Å²) in [5, 5.41) is 3.33. The number of quaternary nitrogens is 1.